The van der Waals surface area contributed by atoms with Crippen molar-refractivity contribution >= 4 is 0 Å². The van der Waals surface area contributed by atoms with Crippen LogP contribution in [0.4, 0.5) is 0 Å². The zero-order valence-corrected chi connectivity index (χ0v) is 9.44. The molecule has 0 bridgehead atoms. The van der Waals surface area contributed by atoms with Crippen LogP contribution in [0.1, 0.15) is 19.8 Å². The normalized spacial score (nSPS) is 10.3. The first-order chi connectivity index (χ1) is 7.92. The van der Waals surface area contributed by atoms with Gasteiger partial charge in [0.15, 0.2) is 5.75 Å². The van der Waals surface area contributed by atoms with Crippen LogP contribution in [0.2, 0.25) is 0 Å². The van der Waals surface area contributed by atoms with Gasteiger partial charge in [0.2, 0.25) is 0 Å². The molecule has 1 N–H and O–H groups in total. The molecule has 0 saturated heterocycles. The number of benzene rings is 1. The number of rotatable bonds is 5. The molecule has 0 fully saturated rings. The first-order valence-electron chi connectivity index (χ1n) is 5.64. The summed E-state index contributed by atoms with van der Waals surface area (Å²) in [4.78, 5) is 0. The molecule has 2 aromatic rings. The molecule has 0 aliphatic rings. The third-order valence-electron chi connectivity index (χ3n) is 2.41. The summed E-state index contributed by atoms with van der Waals surface area (Å²) in [6, 6.07) is 10.1. The number of ether oxygens (including phenoxy) is 1. The van der Waals surface area contributed by atoms with E-state index in [1.165, 1.54) is 0 Å². The van der Waals surface area contributed by atoms with Gasteiger partial charge in [-0.1, -0.05) is 43.7 Å². The molecule has 0 aliphatic carbocycles. The van der Waals surface area contributed by atoms with Gasteiger partial charge in [0.25, 0.3) is 0 Å². The van der Waals surface area contributed by atoms with E-state index in [-0.39, 0.29) is 0 Å². The minimum Gasteiger partial charge on any atom is -0.490 e. The standard InChI is InChI=1S/C13H16N2O/c1-2-3-9-16-12-10-14-15-13(12)11-7-5-4-6-8-11/h4-8,10H,2-3,9H2,1H3,(H,14,15). The van der Waals surface area contributed by atoms with Crippen molar-refractivity contribution in [1.82, 2.24) is 10.2 Å². The highest BCUT2D eigenvalue weighted by Crippen LogP contribution is 2.26. The van der Waals surface area contributed by atoms with Crippen LogP contribution < -0.4 is 4.74 Å². The maximum Gasteiger partial charge on any atom is 0.164 e. The summed E-state index contributed by atoms with van der Waals surface area (Å²) >= 11 is 0. The van der Waals surface area contributed by atoms with Crippen molar-refractivity contribution in [2.75, 3.05) is 6.61 Å². The number of nitrogens with zero attached hydrogens (tertiary/aromatic N) is 1. The fourth-order valence-corrected chi connectivity index (χ4v) is 1.52. The van der Waals surface area contributed by atoms with Gasteiger partial charge in [-0.2, -0.15) is 5.10 Å². The van der Waals surface area contributed by atoms with Crippen LogP contribution >= 0.6 is 0 Å². The number of aromatic nitrogens is 2. The van der Waals surface area contributed by atoms with Gasteiger partial charge >= 0.3 is 0 Å². The highest BCUT2D eigenvalue weighted by Gasteiger charge is 2.08. The molecule has 0 spiro atoms. The molecule has 1 heterocycles. The van der Waals surface area contributed by atoms with E-state index in [1.807, 2.05) is 30.3 Å². The van der Waals surface area contributed by atoms with E-state index in [9.17, 15) is 0 Å². The Labute approximate surface area is 95.5 Å². The monoisotopic (exact) mass is 216 g/mol. The minimum absolute atomic E-state index is 0.746. The Morgan fingerprint density at radius 2 is 2.06 bits per heavy atom. The van der Waals surface area contributed by atoms with E-state index < -0.39 is 0 Å². The van der Waals surface area contributed by atoms with Crippen molar-refractivity contribution in [1.29, 1.82) is 0 Å². The fourth-order valence-electron chi connectivity index (χ4n) is 1.52. The summed E-state index contributed by atoms with van der Waals surface area (Å²) < 4.78 is 5.68. The topological polar surface area (TPSA) is 37.9 Å². The Morgan fingerprint density at radius 3 is 2.81 bits per heavy atom. The second-order valence-electron chi connectivity index (χ2n) is 3.67. The predicted octanol–water partition coefficient (Wildman–Crippen LogP) is 3.26. The fraction of sp³-hybridized carbons (Fsp3) is 0.308. The number of hydrogen-bond acceptors (Lipinski definition) is 2. The van der Waals surface area contributed by atoms with Crippen molar-refractivity contribution in [2.24, 2.45) is 0 Å². The molecule has 1 aromatic heterocycles. The van der Waals surface area contributed by atoms with Crippen LogP contribution in [0.25, 0.3) is 11.3 Å². The quantitative estimate of drug-likeness (QED) is 0.779. The number of aromatic amines is 1. The molecule has 1 aromatic carbocycles. The van der Waals surface area contributed by atoms with Gasteiger partial charge in [0, 0.05) is 5.56 Å². The van der Waals surface area contributed by atoms with Crippen LogP contribution in [0.5, 0.6) is 5.75 Å². The van der Waals surface area contributed by atoms with Crippen LogP contribution in [-0.4, -0.2) is 16.8 Å². The lowest BCUT2D eigenvalue weighted by molar-refractivity contribution is 0.310. The number of hydrogen-bond donors (Lipinski definition) is 1. The zero-order chi connectivity index (χ0) is 11.2. The molecule has 3 nitrogen and oxygen atoms in total. The summed E-state index contributed by atoms with van der Waals surface area (Å²) in [6.45, 7) is 2.90. The minimum atomic E-state index is 0.746. The molecular formula is C13H16N2O. The maximum atomic E-state index is 5.68. The Hall–Kier alpha value is -1.77. The molecule has 3 heteroatoms. The second kappa shape index (κ2) is 5.35. The van der Waals surface area contributed by atoms with Crippen molar-refractivity contribution in [3.63, 3.8) is 0 Å². The van der Waals surface area contributed by atoms with E-state index in [0.717, 1.165) is 36.5 Å². The average molecular weight is 216 g/mol. The van der Waals surface area contributed by atoms with Gasteiger partial charge in [0.05, 0.1) is 12.8 Å². The molecule has 0 saturated carbocycles. The van der Waals surface area contributed by atoms with Crippen molar-refractivity contribution in [3.8, 4) is 17.0 Å². The lowest BCUT2D eigenvalue weighted by atomic mass is 10.1. The van der Waals surface area contributed by atoms with E-state index in [4.69, 9.17) is 4.74 Å². The van der Waals surface area contributed by atoms with Crippen LogP contribution in [0, 0.1) is 0 Å². The Balaban J connectivity index is 2.13. The molecule has 0 unspecified atom stereocenters. The summed E-state index contributed by atoms with van der Waals surface area (Å²) in [6.07, 6.45) is 4.01. The highest BCUT2D eigenvalue weighted by molar-refractivity contribution is 5.65. The molecule has 0 atom stereocenters. The largest absolute Gasteiger partial charge is 0.490 e. The summed E-state index contributed by atoms with van der Waals surface area (Å²) in [5.74, 6) is 0.833. The molecule has 2 rings (SSSR count). The van der Waals surface area contributed by atoms with E-state index >= 15 is 0 Å². The summed E-state index contributed by atoms with van der Waals surface area (Å²) in [7, 11) is 0. The predicted molar refractivity (Wildman–Crippen MR) is 64.4 cm³/mol. The maximum absolute atomic E-state index is 5.68. The van der Waals surface area contributed by atoms with Crippen molar-refractivity contribution in [2.45, 2.75) is 19.8 Å². The van der Waals surface area contributed by atoms with Gasteiger partial charge in [-0.3, -0.25) is 5.10 Å². The van der Waals surface area contributed by atoms with E-state index in [0.29, 0.717) is 0 Å². The SMILES string of the molecule is CCCCOc1c[nH]nc1-c1ccccc1. The number of H-pyrrole nitrogens is 1. The van der Waals surface area contributed by atoms with Gasteiger partial charge in [-0.15, -0.1) is 0 Å². The van der Waals surface area contributed by atoms with Crippen molar-refractivity contribution < 1.29 is 4.74 Å². The van der Waals surface area contributed by atoms with Gasteiger partial charge in [-0.05, 0) is 6.42 Å². The molecule has 16 heavy (non-hydrogen) atoms. The third kappa shape index (κ3) is 2.42. The third-order valence-corrected chi connectivity index (χ3v) is 2.41. The van der Waals surface area contributed by atoms with E-state index in [1.54, 1.807) is 6.20 Å². The Kier molecular flexibility index (Phi) is 3.59. The van der Waals surface area contributed by atoms with Crippen LogP contribution in [-0.2, 0) is 0 Å². The lowest BCUT2D eigenvalue weighted by Gasteiger charge is -2.04. The number of unbranched alkanes of at least 4 members (excludes halogenated alkanes) is 1. The summed E-state index contributed by atoms with van der Waals surface area (Å²) in [5.41, 5.74) is 1.96. The summed E-state index contributed by atoms with van der Waals surface area (Å²) in [5, 5.41) is 7.06. The zero-order valence-electron chi connectivity index (χ0n) is 9.44. The van der Waals surface area contributed by atoms with Crippen LogP contribution in [0.15, 0.2) is 36.5 Å². The Bertz CT molecular complexity index is 423. The molecule has 0 radical (unpaired) electrons. The van der Waals surface area contributed by atoms with Gasteiger partial charge < -0.3 is 4.74 Å². The molecule has 0 aliphatic heterocycles. The highest BCUT2D eigenvalue weighted by atomic mass is 16.5. The van der Waals surface area contributed by atoms with E-state index in [2.05, 4.69) is 17.1 Å². The van der Waals surface area contributed by atoms with Crippen molar-refractivity contribution in [3.05, 3.63) is 36.5 Å². The van der Waals surface area contributed by atoms with Gasteiger partial charge in [-0.25, -0.2) is 0 Å². The lowest BCUT2D eigenvalue weighted by Crippen LogP contribution is -1.96. The second-order valence-corrected chi connectivity index (χ2v) is 3.67. The first kappa shape index (κ1) is 10.7. The molecule has 0 amide bonds. The van der Waals surface area contributed by atoms with Crippen LogP contribution in [0.3, 0.4) is 0 Å². The molecule has 84 valence electrons. The molecular weight excluding hydrogens is 200 g/mol. The number of nitrogens with one attached hydrogen (secondary N) is 1. The first-order valence-corrected chi connectivity index (χ1v) is 5.64. The average Bonchev–Trinajstić information content (AvgIpc) is 2.79. The Morgan fingerprint density at radius 1 is 1.25 bits per heavy atom. The smallest absolute Gasteiger partial charge is 0.164 e. The van der Waals surface area contributed by atoms with Gasteiger partial charge in [0.1, 0.15) is 5.69 Å².